The molecular weight excluding hydrogens is 771 g/mol. The number of benzene rings is 2. The predicted octanol–water partition coefficient (Wildman–Crippen LogP) is 4.34. The van der Waals surface area contributed by atoms with Gasteiger partial charge >= 0.3 is 24.3 Å². The highest BCUT2D eigenvalue weighted by atomic mass is 35.5. The highest BCUT2D eigenvalue weighted by molar-refractivity contribution is 6.33. The Morgan fingerprint density at radius 1 is 0.912 bits per heavy atom. The number of nitrogens with two attached hydrogens (primary N) is 1. The smallest absolute Gasteiger partial charge is 0.418 e. The number of esters is 1. The molecule has 0 aliphatic carbocycles. The van der Waals surface area contributed by atoms with Crippen LogP contribution in [0, 0.1) is 0 Å². The van der Waals surface area contributed by atoms with Crippen LogP contribution in [0.4, 0.5) is 34.1 Å². The van der Waals surface area contributed by atoms with Gasteiger partial charge in [-0.05, 0) is 61.4 Å². The van der Waals surface area contributed by atoms with Gasteiger partial charge in [0.1, 0.15) is 6.61 Å². The van der Waals surface area contributed by atoms with Crippen LogP contribution in [0.1, 0.15) is 42.4 Å². The van der Waals surface area contributed by atoms with Gasteiger partial charge in [0.25, 0.3) is 5.91 Å². The number of fused-ring (bicyclic) bond motifs is 1. The van der Waals surface area contributed by atoms with E-state index in [1.165, 1.54) is 11.0 Å². The first-order valence-corrected chi connectivity index (χ1v) is 19.8. The number of methoxy groups -OCH3 is 1. The first-order chi connectivity index (χ1) is 27.3. The number of nitrogens with one attached hydrogen (secondary N) is 1. The summed E-state index contributed by atoms with van der Waals surface area (Å²) in [5.41, 5.74) is 5.80. The van der Waals surface area contributed by atoms with E-state index in [0.717, 1.165) is 30.4 Å². The molecule has 0 bridgehead atoms. The first kappa shape index (κ1) is 42.3. The Bertz CT molecular complexity index is 1750. The second-order valence-electron chi connectivity index (χ2n) is 14.9. The number of halogens is 4. The highest BCUT2D eigenvalue weighted by Gasteiger charge is 2.38. The van der Waals surface area contributed by atoms with Crippen molar-refractivity contribution in [3.8, 4) is 0 Å². The van der Waals surface area contributed by atoms with Crippen LogP contribution in [-0.4, -0.2) is 152 Å². The molecule has 18 heteroatoms. The first-order valence-electron chi connectivity index (χ1n) is 19.5. The maximum atomic E-state index is 14.1. The number of hydrogen-bond donors (Lipinski definition) is 2. The zero-order valence-electron chi connectivity index (χ0n) is 32.1. The topological polar surface area (TPSA) is 150 Å². The largest absolute Gasteiger partial charge is 0.462 e. The number of ether oxygens (including phenoxy) is 3. The second-order valence-corrected chi connectivity index (χ2v) is 15.4. The van der Waals surface area contributed by atoms with Gasteiger partial charge in [0, 0.05) is 90.2 Å². The fourth-order valence-electron chi connectivity index (χ4n) is 8.12. The third-order valence-corrected chi connectivity index (χ3v) is 11.7. The molecule has 3 saturated heterocycles. The summed E-state index contributed by atoms with van der Waals surface area (Å²) in [6, 6.07) is 9.64. The van der Waals surface area contributed by atoms with E-state index in [-0.39, 0.29) is 67.3 Å². The lowest BCUT2D eigenvalue weighted by atomic mass is 9.99. The summed E-state index contributed by atoms with van der Waals surface area (Å²) in [6.07, 6.45) is -4.34. The van der Waals surface area contributed by atoms with E-state index < -0.39 is 35.5 Å². The Kier molecular flexibility index (Phi) is 14.1. The zero-order valence-corrected chi connectivity index (χ0v) is 32.9. The number of rotatable bonds is 11. The number of nitrogens with zero attached hydrogens (tertiary/aromatic N) is 5. The van der Waals surface area contributed by atoms with Gasteiger partial charge in [-0.2, -0.15) is 13.2 Å². The molecule has 57 heavy (non-hydrogen) atoms. The number of alkyl halides is 3. The zero-order chi connectivity index (χ0) is 40.7. The van der Waals surface area contributed by atoms with Crippen molar-refractivity contribution >= 4 is 47.0 Å². The molecule has 1 atom stereocenters. The molecule has 312 valence electrons. The molecule has 4 heterocycles. The van der Waals surface area contributed by atoms with Crippen LogP contribution in [0.15, 0.2) is 36.4 Å². The summed E-state index contributed by atoms with van der Waals surface area (Å²) < 4.78 is 57.6. The van der Waals surface area contributed by atoms with E-state index in [4.69, 9.17) is 31.5 Å². The Hall–Kier alpha value is -4.32. The molecule has 0 radical (unpaired) electrons. The van der Waals surface area contributed by atoms with E-state index in [1.54, 1.807) is 16.9 Å². The normalized spacial score (nSPS) is 19.7. The molecule has 14 nitrogen and oxygen atoms in total. The van der Waals surface area contributed by atoms with Crippen molar-refractivity contribution < 1.29 is 46.6 Å². The summed E-state index contributed by atoms with van der Waals surface area (Å²) in [5, 5.41) is 2.67. The van der Waals surface area contributed by atoms with Crippen molar-refractivity contribution in [3.63, 3.8) is 0 Å². The number of para-hydroxylation sites is 1. The molecule has 4 amide bonds. The van der Waals surface area contributed by atoms with Crippen LogP contribution in [0.3, 0.4) is 0 Å². The third-order valence-electron chi connectivity index (χ3n) is 11.3. The van der Waals surface area contributed by atoms with Gasteiger partial charge in [-0.3, -0.25) is 19.4 Å². The molecule has 0 aromatic heterocycles. The van der Waals surface area contributed by atoms with Crippen LogP contribution in [-0.2, 0) is 42.8 Å². The number of piperidine rings is 2. The lowest BCUT2D eigenvalue weighted by molar-refractivity contribution is -0.146. The number of anilines is 2. The van der Waals surface area contributed by atoms with Gasteiger partial charge in [0.05, 0.1) is 29.4 Å². The van der Waals surface area contributed by atoms with Gasteiger partial charge in [-0.25, -0.2) is 9.59 Å². The lowest BCUT2D eigenvalue weighted by Gasteiger charge is -2.43. The van der Waals surface area contributed by atoms with E-state index >= 15 is 0 Å². The van der Waals surface area contributed by atoms with Crippen molar-refractivity contribution in [1.29, 1.82) is 0 Å². The Morgan fingerprint density at radius 3 is 2.26 bits per heavy atom. The summed E-state index contributed by atoms with van der Waals surface area (Å²) in [4.78, 5) is 62.3. The Labute approximate surface area is 335 Å². The number of nitrogen functional groups attached to an aromatic ring is 1. The third kappa shape index (κ3) is 10.8. The van der Waals surface area contributed by atoms with Gasteiger partial charge in [0.2, 0.25) is 0 Å². The van der Waals surface area contributed by atoms with E-state index in [2.05, 4.69) is 10.2 Å². The molecule has 0 saturated carbocycles. The van der Waals surface area contributed by atoms with Crippen LogP contribution in [0.25, 0.3) is 0 Å². The van der Waals surface area contributed by atoms with Crippen molar-refractivity contribution in [3.05, 3.63) is 58.1 Å². The van der Waals surface area contributed by atoms with Crippen molar-refractivity contribution in [2.45, 2.75) is 62.9 Å². The quantitative estimate of drug-likeness (QED) is 0.191. The van der Waals surface area contributed by atoms with Crippen LogP contribution in [0.2, 0.25) is 5.02 Å². The number of piperazine rings is 1. The minimum absolute atomic E-state index is 0.0508. The second kappa shape index (κ2) is 19.0. The van der Waals surface area contributed by atoms with Crippen molar-refractivity contribution in [2.24, 2.45) is 0 Å². The Balaban J connectivity index is 1.07. The standard InChI is InChI=1S/C39H51ClF3N7O7/c1-55-20-21-56-34(51)25-46-16-18-47(19-17-46)28-7-11-48(12-8-28)36(52)33(24-26-22-30(39(41,42)43)35(44)31(40)23-26)57-38(54)49-13-9-29(10-14-49)50-15-6-27-4-2-3-5-32(27)45-37(50)53/h2-5,22-23,28-29,33H,6-21,24-25,44H2,1H3,(H,45,53)/t33-/m1/s1. The molecule has 2 aromatic rings. The number of urea groups is 1. The Morgan fingerprint density at radius 2 is 1.58 bits per heavy atom. The van der Waals surface area contributed by atoms with Crippen LogP contribution < -0.4 is 11.1 Å². The van der Waals surface area contributed by atoms with Gasteiger partial charge in [0.15, 0.2) is 6.10 Å². The molecule has 0 spiro atoms. The average molecular weight is 822 g/mol. The van der Waals surface area contributed by atoms with Crippen molar-refractivity contribution in [1.82, 2.24) is 24.5 Å². The number of carbonyl (C=O) groups excluding carboxylic acids is 4. The molecule has 6 rings (SSSR count). The maximum absolute atomic E-state index is 14.1. The van der Waals surface area contributed by atoms with Gasteiger partial charge in [-0.1, -0.05) is 29.8 Å². The molecule has 4 aliphatic heterocycles. The SMILES string of the molecule is COCCOC(=O)CN1CCN(C2CCN(C(=O)[C@@H](Cc3cc(Cl)c(N)c(C(F)(F)F)c3)OC(=O)N3CCC(N4CCc5ccccc5NC4=O)CC3)CC2)CC1. The van der Waals surface area contributed by atoms with E-state index in [0.29, 0.717) is 71.4 Å². The fraction of sp³-hybridized carbons (Fsp3) is 0.590. The summed E-state index contributed by atoms with van der Waals surface area (Å²) in [7, 11) is 1.54. The maximum Gasteiger partial charge on any atom is 0.418 e. The molecule has 4 aliphatic rings. The van der Waals surface area contributed by atoms with E-state index in [1.807, 2.05) is 29.2 Å². The molecule has 3 N–H and O–H groups in total. The minimum atomic E-state index is -4.79. The van der Waals surface area contributed by atoms with Crippen molar-refractivity contribution in [2.75, 3.05) is 96.8 Å². The van der Waals surface area contributed by atoms with E-state index in [9.17, 15) is 32.3 Å². The highest BCUT2D eigenvalue weighted by Crippen LogP contribution is 2.38. The molecule has 0 unspecified atom stereocenters. The molecule has 3 fully saturated rings. The fourth-order valence-corrected chi connectivity index (χ4v) is 8.36. The number of likely N-dealkylation sites (tertiary alicyclic amines) is 2. The van der Waals surface area contributed by atoms with Gasteiger partial charge in [-0.15, -0.1) is 0 Å². The minimum Gasteiger partial charge on any atom is -0.462 e. The number of hydrogen-bond acceptors (Lipinski definition) is 10. The predicted molar refractivity (Wildman–Crippen MR) is 206 cm³/mol. The van der Waals surface area contributed by atoms with Crippen LogP contribution >= 0.6 is 11.6 Å². The number of amides is 4. The summed E-state index contributed by atoms with van der Waals surface area (Å²) >= 11 is 6.13. The lowest BCUT2D eigenvalue weighted by Crippen LogP contribution is -2.55. The summed E-state index contributed by atoms with van der Waals surface area (Å²) in [5.74, 6) is -0.799. The molecular formula is C39H51ClF3N7O7. The summed E-state index contributed by atoms with van der Waals surface area (Å²) in [6.45, 7) is 5.43. The van der Waals surface area contributed by atoms with Gasteiger partial charge < -0.3 is 40.0 Å². The number of carbonyl (C=O) groups is 4. The van der Waals surface area contributed by atoms with Crippen LogP contribution in [0.5, 0.6) is 0 Å². The monoisotopic (exact) mass is 821 g/mol. The average Bonchev–Trinajstić information content (AvgIpc) is 3.36. The molecule has 2 aromatic carbocycles.